The zero-order chi connectivity index (χ0) is 18.8. The quantitative estimate of drug-likeness (QED) is 0.824. The Hall–Kier alpha value is -3.61. The molecule has 1 amide bonds. The molecule has 0 atom stereocenters. The van der Waals surface area contributed by atoms with Crippen molar-refractivity contribution in [1.82, 2.24) is 0 Å². The summed E-state index contributed by atoms with van der Waals surface area (Å²) < 4.78 is 5.07. The highest BCUT2D eigenvalue weighted by Gasteiger charge is 2.29. The van der Waals surface area contributed by atoms with E-state index < -0.39 is 5.97 Å². The lowest BCUT2D eigenvalue weighted by Gasteiger charge is -2.12. The minimum absolute atomic E-state index is 0.0626. The molecule has 1 aliphatic heterocycles. The van der Waals surface area contributed by atoms with Crippen LogP contribution in [-0.2, 0) is 4.79 Å². The number of phenolic OH excluding ortho intramolecular Hbond substituents is 1. The Morgan fingerprint density at radius 3 is 2.50 bits per heavy atom. The van der Waals surface area contributed by atoms with Gasteiger partial charge in [-0.3, -0.25) is 4.79 Å². The Morgan fingerprint density at radius 1 is 1.19 bits per heavy atom. The first-order chi connectivity index (χ1) is 12.4. The summed E-state index contributed by atoms with van der Waals surface area (Å²) in [4.78, 5) is 23.7. The van der Waals surface area contributed by atoms with Gasteiger partial charge in [0, 0.05) is 5.56 Å². The summed E-state index contributed by atoms with van der Waals surface area (Å²) >= 11 is 0. The minimum Gasteiger partial charge on any atom is -0.504 e. The molecule has 0 aromatic heterocycles. The molecule has 0 saturated heterocycles. The molecule has 0 radical (unpaired) electrons. The van der Waals surface area contributed by atoms with Crippen molar-refractivity contribution in [2.75, 3.05) is 12.1 Å². The van der Waals surface area contributed by atoms with Gasteiger partial charge in [-0.15, -0.1) is 0 Å². The zero-order valence-corrected chi connectivity index (χ0v) is 14.1. The molecule has 2 aromatic carbocycles. The molecule has 26 heavy (non-hydrogen) atoms. The molecule has 0 saturated carbocycles. The van der Waals surface area contributed by atoms with E-state index in [0.717, 1.165) is 0 Å². The van der Waals surface area contributed by atoms with E-state index in [2.05, 4.69) is 5.10 Å². The largest absolute Gasteiger partial charge is 0.504 e. The van der Waals surface area contributed by atoms with Crippen LogP contribution in [0.2, 0.25) is 0 Å². The molecule has 1 heterocycles. The van der Waals surface area contributed by atoms with Gasteiger partial charge in [-0.2, -0.15) is 10.1 Å². The third kappa shape index (κ3) is 3.02. The number of hydrazone groups is 1. The van der Waals surface area contributed by atoms with Crippen LogP contribution >= 0.6 is 0 Å². The predicted molar refractivity (Wildman–Crippen MR) is 96.6 cm³/mol. The maximum absolute atomic E-state index is 12.7. The number of carbonyl (C=O) groups excluding carboxylic acids is 1. The summed E-state index contributed by atoms with van der Waals surface area (Å²) in [5, 5.41) is 24.6. The molecule has 7 heteroatoms. The molecule has 0 unspecified atom stereocenters. The van der Waals surface area contributed by atoms with Crippen molar-refractivity contribution in [2.24, 2.45) is 5.10 Å². The summed E-state index contributed by atoms with van der Waals surface area (Å²) in [5.74, 6) is -1.17. The molecule has 0 bridgehead atoms. The first kappa shape index (κ1) is 17.2. The second kappa shape index (κ2) is 6.72. The highest BCUT2D eigenvalue weighted by Crippen LogP contribution is 2.32. The number of anilines is 1. The Morgan fingerprint density at radius 2 is 1.88 bits per heavy atom. The number of ether oxygens (including phenoxy) is 1. The molecule has 2 aromatic rings. The fourth-order valence-electron chi connectivity index (χ4n) is 2.58. The van der Waals surface area contributed by atoms with E-state index in [-0.39, 0.29) is 17.2 Å². The number of carboxylic acid groups (broad SMARTS) is 1. The number of methoxy groups -OCH3 is 1. The molecule has 1 aliphatic rings. The minimum atomic E-state index is -1.04. The molecule has 132 valence electrons. The second-order valence-corrected chi connectivity index (χ2v) is 5.61. The number of amides is 1. The number of nitrogens with zero attached hydrogens (tertiary/aromatic N) is 2. The SMILES string of the molecule is COc1cccc(/C=C2\C(=O)N(c3ccc(C(=O)O)cc3)N=C2C)c1O. The van der Waals surface area contributed by atoms with Gasteiger partial charge < -0.3 is 14.9 Å². The third-order valence-corrected chi connectivity index (χ3v) is 3.97. The second-order valence-electron chi connectivity index (χ2n) is 5.61. The lowest BCUT2D eigenvalue weighted by molar-refractivity contribution is -0.114. The summed E-state index contributed by atoms with van der Waals surface area (Å²) in [6, 6.07) is 10.8. The topological polar surface area (TPSA) is 99.4 Å². The number of phenols is 1. The number of aromatic hydroxyl groups is 1. The van der Waals surface area contributed by atoms with Gasteiger partial charge in [0.1, 0.15) is 0 Å². The number of carbonyl (C=O) groups is 2. The summed E-state index contributed by atoms with van der Waals surface area (Å²) in [6.45, 7) is 1.69. The number of hydrogen-bond donors (Lipinski definition) is 2. The van der Waals surface area contributed by atoms with Gasteiger partial charge in [-0.05, 0) is 43.3 Å². The van der Waals surface area contributed by atoms with Crippen LogP contribution in [0.4, 0.5) is 5.69 Å². The van der Waals surface area contributed by atoms with Crippen molar-refractivity contribution < 1.29 is 24.5 Å². The van der Waals surface area contributed by atoms with Crippen LogP contribution in [0.1, 0.15) is 22.8 Å². The Kier molecular flexibility index (Phi) is 4.45. The van der Waals surface area contributed by atoms with Crippen molar-refractivity contribution in [3.63, 3.8) is 0 Å². The molecule has 7 nitrogen and oxygen atoms in total. The Labute approximate surface area is 149 Å². The van der Waals surface area contributed by atoms with Crippen LogP contribution in [0.25, 0.3) is 6.08 Å². The average molecular weight is 352 g/mol. The molecular formula is C19H16N2O5. The molecule has 0 fully saturated rings. The molecular weight excluding hydrogens is 336 g/mol. The number of aromatic carboxylic acids is 1. The van der Waals surface area contributed by atoms with E-state index in [4.69, 9.17) is 9.84 Å². The van der Waals surface area contributed by atoms with Gasteiger partial charge in [0.2, 0.25) is 0 Å². The highest BCUT2D eigenvalue weighted by molar-refractivity contribution is 6.32. The Bertz CT molecular complexity index is 945. The number of carboxylic acids is 1. The Balaban J connectivity index is 1.94. The number of para-hydroxylation sites is 1. The number of hydrogen-bond acceptors (Lipinski definition) is 5. The highest BCUT2D eigenvalue weighted by atomic mass is 16.5. The van der Waals surface area contributed by atoms with Crippen molar-refractivity contribution in [1.29, 1.82) is 0 Å². The fraction of sp³-hybridized carbons (Fsp3) is 0.105. The van der Waals surface area contributed by atoms with Crippen LogP contribution in [0.3, 0.4) is 0 Å². The molecule has 3 rings (SSSR count). The first-order valence-electron chi connectivity index (χ1n) is 7.73. The first-order valence-corrected chi connectivity index (χ1v) is 7.73. The normalized spacial score (nSPS) is 15.3. The van der Waals surface area contributed by atoms with E-state index in [1.807, 2.05) is 0 Å². The van der Waals surface area contributed by atoms with Crippen molar-refractivity contribution in [3.05, 3.63) is 59.2 Å². The van der Waals surface area contributed by atoms with Gasteiger partial charge in [-0.1, -0.05) is 12.1 Å². The van der Waals surface area contributed by atoms with Gasteiger partial charge >= 0.3 is 5.97 Å². The van der Waals surface area contributed by atoms with Gasteiger partial charge in [0.25, 0.3) is 5.91 Å². The fourth-order valence-corrected chi connectivity index (χ4v) is 2.58. The van der Waals surface area contributed by atoms with E-state index in [9.17, 15) is 14.7 Å². The maximum Gasteiger partial charge on any atom is 0.335 e. The van der Waals surface area contributed by atoms with Gasteiger partial charge in [0.05, 0.1) is 29.6 Å². The number of benzene rings is 2. The van der Waals surface area contributed by atoms with E-state index >= 15 is 0 Å². The predicted octanol–water partition coefficient (Wildman–Crippen LogP) is 2.91. The van der Waals surface area contributed by atoms with Crippen LogP contribution in [0.5, 0.6) is 11.5 Å². The lowest BCUT2D eigenvalue weighted by atomic mass is 10.1. The monoisotopic (exact) mass is 352 g/mol. The van der Waals surface area contributed by atoms with Crippen molar-refractivity contribution in [2.45, 2.75) is 6.92 Å². The summed E-state index contributed by atoms with van der Waals surface area (Å²) in [5.41, 5.74) is 1.83. The zero-order valence-electron chi connectivity index (χ0n) is 14.1. The third-order valence-electron chi connectivity index (χ3n) is 3.97. The summed E-state index contributed by atoms with van der Waals surface area (Å²) in [7, 11) is 1.45. The standard InChI is InChI=1S/C19H16N2O5/c1-11-15(10-13-4-3-5-16(26-2)17(13)22)18(23)21(20-11)14-8-6-12(7-9-14)19(24)25/h3-10,22H,1-2H3,(H,24,25)/b15-10-. The van der Waals surface area contributed by atoms with E-state index in [1.165, 1.54) is 36.4 Å². The average Bonchev–Trinajstić information content (AvgIpc) is 2.91. The maximum atomic E-state index is 12.7. The van der Waals surface area contributed by atoms with Crippen LogP contribution < -0.4 is 9.75 Å². The van der Waals surface area contributed by atoms with E-state index in [1.54, 1.807) is 31.2 Å². The lowest BCUT2D eigenvalue weighted by Crippen LogP contribution is -2.21. The van der Waals surface area contributed by atoms with Gasteiger partial charge in [0.15, 0.2) is 11.5 Å². The number of rotatable bonds is 4. The van der Waals surface area contributed by atoms with Crippen LogP contribution in [0.15, 0.2) is 53.1 Å². The molecule has 0 aliphatic carbocycles. The van der Waals surface area contributed by atoms with Gasteiger partial charge in [-0.25, -0.2) is 4.79 Å². The van der Waals surface area contributed by atoms with Crippen LogP contribution in [0, 0.1) is 0 Å². The van der Waals surface area contributed by atoms with Crippen molar-refractivity contribution in [3.8, 4) is 11.5 Å². The summed E-state index contributed by atoms with van der Waals surface area (Å²) in [6.07, 6.45) is 1.55. The molecule has 0 spiro atoms. The van der Waals surface area contributed by atoms with Crippen molar-refractivity contribution >= 4 is 29.4 Å². The van der Waals surface area contributed by atoms with Crippen LogP contribution in [-0.4, -0.2) is 34.9 Å². The van der Waals surface area contributed by atoms with E-state index in [0.29, 0.717) is 28.3 Å². The smallest absolute Gasteiger partial charge is 0.335 e. The molecule has 2 N–H and O–H groups in total.